The lowest BCUT2D eigenvalue weighted by Crippen LogP contribution is -2.35. The molecule has 6 nitrogen and oxygen atoms in total. The second-order valence-electron chi connectivity index (χ2n) is 7.10. The average molecular weight is 378 g/mol. The molecular weight excluding hydrogens is 348 g/mol. The number of ketones is 1. The van der Waals surface area contributed by atoms with E-state index >= 15 is 0 Å². The highest BCUT2D eigenvalue weighted by Gasteiger charge is 2.25. The topological polar surface area (TPSA) is 63.2 Å². The van der Waals surface area contributed by atoms with Crippen molar-refractivity contribution in [2.45, 2.75) is 70.4 Å². The smallest absolute Gasteiger partial charge is 0.188 e. The first-order valence-corrected chi connectivity index (χ1v) is 9.94. The van der Waals surface area contributed by atoms with Crippen LogP contribution < -0.4 is 0 Å². The van der Waals surface area contributed by atoms with Gasteiger partial charge in [0.2, 0.25) is 0 Å². The minimum atomic E-state index is -0.408. The van der Waals surface area contributed by atoms with Gasteiger partial charge in [-0.2, -0.15) is 0 Å². The second kappa shape index (κ2) is 10.9. The standard InChI is InChI=1S/C21H30O6/c1-16(26-19-10-5-6-13-23-19)14-24-20-11-7-12-21(27-20)25-15-18(22)17-8-3-2-4-9-17/h2-4,8-9,16,19-21H,5-7,10-15H2,1H3. The molecular formula is C21H30O6. The van der Waals surface area contributed by atoms with Crippen LogP contribution in [-0.4, -0.2) is 50.6 Å². The number of Topliss-reactive ketones (excluding diaryl/α,β-unsaturated/α-hetero) is 1. The van der Waals surface area contributed by atoms with Crippen molar-refractivity contribution < 1.29 is 28.5 Å². The Kier molecular flexibility index (Phi) is 8.23. The molecule has 0 saturated carbocycles. The van der Waals surface area contributed by atoms with Crippen LogP contribution in [0.5, 0.6) is 0 Å². The Morgan fingerprint density at radius 3 is 2.52 bits per heavy atom. The van der Waals surface area contributed by atoms with Crippen LogP contribution in [0.15, 0.2) is 30.3 Å². The average Bonchev–Trinajstić information content (AvgIpc) is 2.72. The van der Waals surface area contributed by atoms with Crippen molar-refractivity contribution in [1.29, 1.82) is 0 Å². The van der Waals surface area contributed by atoms with Gasteiger partial charge in [0.1, 0.15) is 6.61 Å². The summed E-state index contributed by atoms with van der Waals surface area (Å²) in [6, 6.07) is 9.15. The van der Waals surface area contributed by atoms with Gasteiger partial charge < -0.3 is 23.7 Å². The molecule has 0 aromatic heterocycles. The molecule has 2 heterocycles. The molecule has 0 bridgehead atoms. The first-order valence-electron chi connectivity index (χ1n) is 9.94. The maximum Gasteiger partial charge on any atom is 0.188 e. The molecule has 0 radical (unpaired) electrons. The molecule has 2 saturated heterocycles. The van der Waals surface area contributed by atoms with Crippen molar-refractivity contribution in [3.8, 4) is 0 Å². The molecule has 4 unspecified atom stereocenters. The highest BCUT2D eigenvalue weighted by molar-refractivity contribution is 5.96. The Morgan fingerprint density at radius 1 is 1.04 bits per heavy atom. The molecule has 2 fully saturated rings. The Labute approximate surface area is 161 Å². The summed E-state index contributed by atoms with van der Waals surface area (Å²) in [6.07, 6.45) is 4.80. The molecule has 2 aliphatic heterocycles. The highest BCUT2D eigenvalue weighted by Crippen LogP contribution is 2.22. The Balaban J connectivity index is 1.34. The normalized spacial score (nSPS) is 27.2. The lowest BCUT2D eigenvalue weighted by atomic mass is 10.1. The van der Waals surface area contributed by atoms with Gasteiger partial charge in [-0.15, -0.1) is 0 Å². The molecule has 27 heavy (non-hydrogen) atoms. The maximum atomic E-state index is 12.1. The third-order valence-electron chi connectivity index (χ3n) is 4.72. The predicted octanol–water partition coefficient (Wildman–Crippen LogP) is 3.69. The monoisotopic (exact) mass is 378 g/mol. The fourth-order valence-corrected chi connectivity index (χ4v) is 3.24. The van der Waals surface area contributed by atoms with Gasteiger partial charge in [-0.05, 0) is 45.4 Å². The van der Waals surface area contributed by atoms with Gasteiger partial charge in [-0.3, -0.25) is 4.79 Å². The number of hydrogen-bond acceptors (Lipinski definition) is 6. The molecule has 1 aromatic rings. The van der Waals surface area contributed by atoms with Gasteiger partial charge >= 0.3 is 0 Å². The van der Waals surface area contributed by atoms with E-state index in [4.69, 9.17) is 23.7 Å². The van der Waals surface area contributed by atoms with E-state index in [0.29, 0.717) is 12.2 Å². The van der Waals surface area contributed by atoms with E-state index in [2.05, 4.69) is 0 Å². The van der Waals surface area contributed by atoms with Gasteiger partial charge in [0.05, 0.1) is 12.7 Å². The quantitative estimate of drug-likeness (QED) is 0.611. The number of carbonyl (C=O) groups is 1. The van der Waals surface area contributed by atoms with E-state index in [0.717, 1.165) is 45.1 Å². The van der Waals surface area contributed by atoms with Crippen LogP contribution >= 0.6 is 0 Å². The summed E-state index contributed by atoms with van der Waals surface area (Å²) in [5.41, 5.74) is 0.650. The molecule has 1 aromatic carbocycles. The van der Waals surface area contributed by atoms with Gasteiger partial charge in [-0.25, -0.2) is 0 Å². The Hall–Kier alpha value is -1.31. The van der Waals surface area contributed by atoms with Crippen molar-refractivity contribution in [2.24, 2.45) is 0 Å². The second-order valence-corrected chi connectivity index (χ2v) is 7.10. The maximum absolute atomic E-state index is 12.1. The minimum Gasteiger partial charge on any atom is -0.353 e. The SMILES string of the molecule is CC(COC1CCCC(OCC(=O)c2ccccc2)O1)OC1CCCCO1. The van der Waals surface area contributed by atoms with Crippen molar-refractivity contribution in [1.82, 2.24) is 0 Å². The van der Waals surface area contributed by atoms with Crippen LogP contribution in [-0.2, 0) is 23.7 Å². The summed E-state index contributed by atoms with van der Waals surface area (Å²) in [4.78, 5) is 12.1. The van der Waals surface area contributed by atoms with Crippen LogP contribution in [0, 0.1) is 0 Å². The van der Waals surface area contributed by atoms with Crippen LogP contribution in [0.25, 0.3) is 0 Å². The third-order valence-corrected chi connectivity index (χ3v) is 4.72. The largest absolute Gasteiger partial charge is 0.353 e. The Morgan fingerprint density at radius 2 is 1.78 bits per heavy atom. The zero-order valence-corrected chi connectivity index (χ0v) is 16.0. The molecule has 0 aliphatic carbocycles. The van der Waals surface area contributed by atoms with E-state index in [-0.39, 0.29) is 31.1 Å². The summed E-state index contributed by atoms with van der Waals surface area (Å²) >= 11 is 0. The molecule has 4 atom stereocenters. The Bertz CT molecular complexity index is 557. The lowest BCUT2D eigenvalue weighted by Gasteiger charge is -2.31. The first-order chi connectivity index (χ1) is 13.2. The number of ether oxygens (including phenoxy) is 5. The van der Waals surface area contributed by atoms with Gasteiger partial charge in [-0.1, -0.05) is 30.3 Å². The summed E-state index contributed by atoms with van der Waals surface area (Å²) in [5, 5.41) is 0. The number of benzene rings is 1. The highest BCUT2D eigenvalue weighted by atomic mass is 16.8. The predicted molar refractivity (Wildman–Crippen MR) is 99.3 cm³/mol. The molecule has 0 spiro atoms. The van der Waals surface area contributed by atoms with Crippen LogP contribution in [0.4, 0.5) is 0 Å². The van der Waals surface area contributed by atoms with E-state index in [1.807, 2.05) is 25.1 Å². The van der Waals surface area contributed by atoms with Crippen molar-refractivity contribution in [3.05, 3.63) is 35.9 Å². The van der Waals surface area contributed by atoms with Crippen molar-refractivity contribution in [2.75, 3.05) is 19.8 Å². The fraction of sp³-hybridized carbons (Fsp3) is 0.667. The summed E-state index contributed by atoms with van der Waals surface area (Å²) < 4.78 is 28.8. The van der Waals surface area contributed by atoms with E-state index in [9.17, 15) is 4.79 Å². The van der Waals surface area contributed by atoms with Crippen LogP contribution in [0.2, 0.25) is 0 Å². The van der Waals surface area contributed by atoms with Gasteiger partial charge in [0, 0.05) is 12.2 Å². The molecule has 3 rings (SSSR count). The third kappa shape index (κ3) is 6.97. The van der Waals surface area contributed by atoms with Crippen molar-refractivity contribution >= 4 is 5.78 Å². The molecule has 0 N–H and O–H groups in total. The molecule has 6 heteroatoms. The van der Waals surface area contributed by atoms with E-state index in [1.54, 1.807) is 12.1 Å². The number of carbonyl (C=O) groups excluding carboxylic acids is 1. The van der Waals surface area contributed by atoms with Crippen LogP contribution in [0.3, 0.4) is 0 Å². The summed E-state index contributed by atoms with van der Waals surface area (Å²) in [7, 11) is 0. The van der Waals surface area contributed by atoms with Gasteiger partial charge in [0.15, 0.2) is 24.7 Å². The zero-order valence-electron chi connectivity index (χ0n) is 16.0. The van der Waals surface area contributed by atoms with Crippen molar-refractivity contribution in [3.63, 3.8) is 0 Å². The van der Waals surface area contributed by atoms with E-state index < -0.39 is 6.29 Å². The molecule has 0 amide bonds. The lowest BCUT2D eigenvalue weighted by molar-refractivity contribution is -0.275. The number of hydrogen-bond donors (Lipinski definition) is 0. The molecule has 2 aliphatic rings. The van der Waals surface area contributed by atoms with Crippen LogP contribution in [0.1, 0.15) is 55.8 Å². The summed E-state index contributed by atoms with van der Waals surface area (Å²) in [5.74, 6) is -0.0447. The summed E-state index contributed by atoms with van der Waals surface area (Å²) in [6.45, 7) is 3.21. The molecule has 150 valence electrons. The first kappa shape index (κ1) is 20.4. The van der Waals surface area contributed by atoms with E-state index in [1.165, 1.54) is 0 Å². The number of rotatable bonds is 9. The van der Waals surface area contributed by atoms with Gasteiger partial charge in [0.25, 0.3) is 0 Å². The zero-order chi connectivity index (χ0) is 18.9. The fourth-order valence-electron chi connectivity index (χ4n) is 3.24. The minimum absolute atomic E-state index is 0.0138.